The van der Waals surface area contributed by atoms with Crippen molar-refractivity contribution in [3.63, 3.8) is 0 Å². The first-order chi connectivity index (χ1) is 14.9. The van der Waals surface area contributed by atoms with Gasteiger partial charge in [0.05, 0.1) is 5.69 Å². The van der Waals surface area contributed by atoms with Gasteiger partial charge in [0.15, 0.2) is 11.5 Å². The van der Waals surface area contributed by atoms with Crippen LogP contribution < -0.4 is 11.1 Å². The van der Waals surface area contributed by atoms with Crippen LogP contribution in [0.2, 0.25) is 0 Å². The van der Waals surface area contributed by atoms with Gasteiger partial charge < -0.3 is 11.1 Å². The minimum Gasteiger partial charge on any atom is -0.368 e. The van der Waals surface area contributed by atoms with Crippen molar-refractivity contribution in [2.24, 2.45) is 11.7 Å². The fourth-order valence-corrected chi connectivity index (χ4v) is 4.43. The number of nitrogens with one attached hydrogen (secondary N) is 1. The Balaban J connectivity index is 1.47. The van der Waals surface area contributed by atoms with E-state index in [4.69, 9.17) is 5.73 Å². The zero-order valence-electron chi connectivity index (χ0n) is 16.5. The van der Waals surface area contributed by atoms with Crippen LogP contribution in [0.15, 0.2) is 48.5 Å². The van der Waals surface area contributed by atoms with E-state index in [0.29, 0.717) is 12.3 Å². The molecular weight excluding hydrogens is 402 g/mol. The molecule has 1 heterocycles. The molecule has 2 aliphatic rings. The van der Waals surface area contributed by atoms with Crippen LogP contribution in [0, 0.1) is 17.6 Å². The second-order valence-electron chi connectivity index (χ2n) is 8.14. The number of carbonyl (C=O) groups excluding carboxylic acids is 2. The summed E-state index contributed by atoms with van der Waals surface area (Å²) in [7, 11) is 0. The third-order valence-corrected chi connectivity index (χ3v) is 6.05. The average molecular weight is 422 g/mol. The molecule has 0 radical (unpaired) electrons. The Bertz CT molecular complexity index is 1190. The Kier molecular flexibility index (Phi) is 4.57. The van der Waals surface area contributed by atoms with E-state index in [9.17, 15) is 18.4 Å². The summed E-state index contributed by atoms with van der Waals surface area (Å²) < 4.78 is 29.2. The van der Waals surface area contributed by atoms with Crippen molar-refractivity contribution in [3.8, 4) is 5.69 Å². The average Bonchev–Trinajstić information content (AvgIpc) is 3.24. The van der Waals surface area contributed by atoms with Gasteiger partial charge in [0.2, 0.25) is 5.91 Å². The van der Waals surface area contributed by atoms with Gasteiger partial charge in [-0.2, -0.15) is 5.10 Å². The number of halogens is 2. The summed E-state index contributed by atoms with van der Waals surface area (Å²) in [6.07, 6.45) is 1.88. The van der Waals surface area contributed by atoms with Crippen molar-refractivity contribution >= 4 is 11.8 Å². The molecule has 1 saturated carbocycles. The number of nitrogens with two attached hydrogens (primary N) is 1. The predicted octanol–water partition coefficient (Wildman–Crippen LogP) is 2.64. The Morgan fingerprint density at radius 3 is 2.68 bits per heavy atom. The van der Waals surface area contributed by atoms with E-state index in [1.54, 1.807) is 0 Å². The second kappa shape index (κ2) is 7.30. The Morgan fingerprint density at radius 1 is 1.19 bits per heavy atom. The van der Waals surface area contributed by atoms with Gasteiger partial charge in [0.1, 0.15) is 17.5 Å². The lowest BCUT2D eigenvalue weighted by Crippen LogP contribution is -2.46. The van der Waals surface area contributed by atoms with E-state index in [-0.39, 0.29) is 23.7 Å². The SMILES string of the molecule is NC(=O)[C@H](Cc1ccccc1)NC(=O)c1nn(-c2ccc(F)cc2F)c2c1C[C@H]1C[C@@H]21. The summed E-state index contributed by atoms with van der Waals surface area (Å²) in [6, 6.07) is 11.6. The fraction of sp³-hybridized carbons (Fsp3) is 0.261. The summed E-state index contributed by atoms with van der Waals surface area (Å²) in [5.41, 5.74) is 8.18. The summed E-state index contributed by atoms with van der Waals surface area (Å²) in [5.74, 6) is -1.99. The molecule has 2 aliphatic carbocycles. The third-order valence-electron chi connectivity index (χ3n) is 6.05. The molecule has 0 aliphatic heterocycles. The molecule has 3 N–H and O–H groups in total. The number of rotatable bonds is 6. The minimum atomic E-state index is -0.908. The van der Waals surface area contributed by atoms with Gasteiger partial charge in [0.25, 0.3) is 5.91 Å². The maximum absolute atomic E-state index is 14.5. The number of hydrogen-bond donors (Lipinski definition) is 2. The summed E-state index contributed by atoms with van der Waals surface area (Å²) in [5, 5.41) is 7.07. The summed E-state index contributed by atoms with van der Waals surface area (Å²) in [4.78, 5) is 25.0. The van der Waals surface area contributed by atoms with Crippen molar-refractivity contribution in [3.05, 3.63) is 82.7 Å². The van der Waals surface area contributed by atoms with E-state index in [1.807, 2.05) is 30.3 Å². The van der Waals surface area contributed by atoms with Crippen molar-refractivity contribution in [1.29, 1.82) is 0 Å². The minimum absolute atomic E-state index is 0.0972. The Labute approximate surface area is 177 Å². The van der Waals surface area contributed by atoms with Gasteiger partial charge in [-0.15, -0.1) is 0 Å². The van der Waals surface area contributed by atoms with E-state index in [1.165, 1.54) is 10.7 Å². The van der Waals surface area contributed by atoms with E-state index < -0.39 is 29.5 Å². The number of carbonyl (C=O) groups is 2. The number of primary amides is 1. The van der Waals surface area contributed by atoms with Crippen LogP contribution >= 0.6 is 0 Å². The molecule has 8 heteroatoms. The molecule has 2 amide bonds. The standard InChI is InChI=1S/C23H20F2N4O2/c24-14-6-7-19(17(25)11-14)29-21-15-9-13(15)10-16(21)20(28-29)23(31)27-18(22(26)30)8-12-4-2-1-3-5-12/h1-7,11,13,15,18H,8-10H2,(H2,26,30)(H,27,31)/t13-,15-,18+/m1/s1. The van der Waals surface area contributed by atoms with Gasteiger partial charge in [-0.25, -0.2) is 13.5 Å². The molecule has 2 aromatic carbocycles. The highest BCUT2D eigenvalue weighted by Crippen LogP contribution is 2.57. The van der Waals surface area contributed by atoms with Crippen LogP contribution in [0.25, 0.3) is 5.69 Å². The lowest BCUT2D eigenvalue weighted by Gasteiger charge is -2.15. The van der Waals surface area contributed by atoms with Crippen molar-refractivity contribution < 1.29 is 18.4 Å². The number of benzene rings is 2. The van der Waals surface area contributed by atoms with Crippen molar-refractivity contribution in [1.82, 2.24) is 15.1 Å². The highest BCUT2D eigenvalue weighted by molar-refractivity contribution is 5.97. The number of aromatic nitrogens is 2. The normalized spacial score (nSPS) is 19.4. The maximum Gasteiger partial charge on any atom is 0.272 e. The second-order valence-corrected chi connectivity index (χ2v) is 8.14. The number of hydrogen-bond acceptors (Lipinski definition) is 3. The van der Waals surface area contributed by atoms with Gasteiger partial charge >= 0.3 is 0 Å². The van der Waals surface area contributed by atoms with Gasteiger partial charge in [0, 0.05) is 24.0 Å². The van der Waals surface area contributed by atoms with Gasteiger partial charge in [-0.1, -0.05) is 30.3 Å². The molecule has 31 heavy (non-hydrogen) atoms. The number of amides is 2. The Hall–Kier alpha value is -3.55. The molecule has 6 nitrogen and oxygen atoms in total. The highest BCUT2D eigenvalue weighted by atomic mass is 19.1. The summed E-state index contributed by atoms with van der Waals surface area (Å²) >= 11 is 0. The zero-order valence-corrected chi connectivity index (χ0v) is 16.5. The molecule has 5 rings (SSSR count). The van der Waals surface area contributed by atoms with Crippen LogP contribution in [-0.4, -0.2) is 27.6 Å². The molecular formula is C23H20F2N4O2. The molecule has 1 aromatic heterocycles. The topological polar surface area (TPSA) is 90.0 Å². The first kappa shape index (κ1) is 19.4. The van der Waals surface area contributed by atoms with Gasteiger partial charge in [-0.05, 0) is 36.5 Å². The molecule has 0 saturated heterocycles. The summed E-state index contributed by atoms with van der Waals surface area (Å²) in [6.45, 7) is 0. The fourth-order valence-electron chi connectivity index (χ4n) is 4.43. The smallest absolute Gasteiger partial charge is 0.272 e. The molecule has 0 spiro atoms. The maximum atomic E-state index is 14.5. The predicted molar refractivity (Wildman–Crippen MR) is 109 cm³/mol. The Morgan fingerprint density at radius 2 is 1.97 bits per heavy atom. The molecule has 0 unspecified atom stereocenters. The quantitative estimate of drug-likeness (QED) is 0.640. The van der Waals surface area contributed by atoms with Crippen LogP contribution in [-0.2, 0) is 17.6 Å². The van der Waals surface area contributed by atoms with Crippen molar-refractivity contribution in [2.75, 3.05) is 0 Å². The lowest BCUT2D eigenvalue weighted by atomic mass is 10.0. The van der Waals surface area contributed by atoms with E-state index >= 15 is 0 Å². The lowest BCUT2D eigenvalue weighted by molar-refractivity contribution is -0.119. The number of nitrogens with zero attached hydrogens (tertiary/aromatic N) is 2. The first-order valence-corrected chi connectivity index (χ1v) is 10.1. The van der Waals surface area contributed by atoms with Crippen LogP contribution in [0.5, 0.6) is 0 Å². The molecule has 158 valence electrons. The van der Waals surface area contributed by atoms with E-state index in [2.05, 4.69) is 10.4 Å². The monoisotopic (exact) mass is 422 g/mol. The molecule has 1 fully saturated rings. The molecule has 3 aromatic rings. The molecule has 0 bridgehead atoms. The number of fused-ring (bicyclic) bond motifs is 3. The van der Waals surface area contributed by atoms with Crippen LogP contribution in [0.3, 0.4) is 0 Å². The zero-order chi connectivity index (χ0) is 21.7. The van der Waals surface area contributed by atoms with E-state index in [0.717, 1.165) is 35.4 Å². The first-order valence-electron chi connectivity index (χ1n) is 10.1. The third kappa shape index (κ3) is 3.48. The van der Waals surface area contributed by atoms with Crippen LogP contribution in [0.1, 0.15) is 39.6 Å². The van der Waals surface area contributed by atoms with Gasteiger partial charge in [-0.3, -0.25) is 9.59 Å². The highest BCUT2D eigenvalue weighted by Gasteiger charge is 2.50. The molecule has 3 atom stereocenters. The van der Waals surface area contributed by atoms with Crippen molar-refractivity contribution in [2.45, 2.75) is 31.2 Å². The van der Waals surface area contributed by atoms with Crippen LogP contribution in [0.4, 0.5) is 8.78 Å². The largest absolute Gasteiger partial charge is 0.368 e.